The Morgan fingerprint density at radius 3 is 2.25 bits per heavy atom. The Balaban J connectivity index is 2.62. The summed E-state index contributed by atoms with van der Waals surface area (Å²) in [6, 6.07) is 9.86. The van der Waals surface area contributed by atoms with Gasteiger partial charge in [-0.3, -0.25) is 9.59 Å². The zero-order valence-corrected chi connectivity index (χ0v) is 14.6. The van der Waals surface area contributed by atoms with Crippen LogP contribution in [0.25, 0.3) is 0 Å². The van der Waals surface area contributed by atoms with Gasteiger partial charge in [0.05, 0.1) is 26.4 Å². The van der Waals surface area contributed by atoms with Crippen LogP contribution in [0.2, 0.25) is 0 Å². The lowest BCUT2D eigenvalue weighted by Gasteiger charge is -2.20. The summed E-state index contributed by atoms with van der Waals surface area (Å²) in [5, 5.41) is 0. The second-order valence-electron chi connectivity index (χ2n) is 5.73. The first kappa shape index (κ1) is 19.7. The van der Waals surface area contributed by atoms with Crippen LogP contribution in [-0.2, 0) is 30.4 Å². The van der Waals surface area contributed by atoms with E-state index in [2.05, 4.69) is 15.2 Å². The second-order valence-corrected chi connectivity index (χ2v) is 5.73. The number of carbonyl (C=O) groups is 2. The number of hydrogen-bond acceptors (Lipinski definition) is 5. The molecule has 130 valence electrons. The van der Waals surface area contributed by atoms with E-state index in [-0.39, 0.29) is 6.42 Å². The van der Waals surface area contributed by atoms with Crippen molar-refractivity contribution in [2.24, 2.45) is 5.92 Å². The molecule has 0 aromatic heterocycles. The topological polar surface area (TPSA) is 61.8 Å². The van der Waals surface area contributed by atoms with Crippen molar-refractivity contribution in [1.29, 1.82) is 0 Å². The van der Waals surface area contributed by atoms with E-state index in [1.54, 1.807) is 12.2 Å². The molecule has 0 bridgehead atoms. The summed E-state index contributed by atoms with van der Waals surface area (Å²) in [4.78, 5) is 23.1. The third-order valence-corrected chi connectivity index (χ3v) is 3.33. The lowest BCUT2D eigenvalue weighted by atomic mass is 10.1. The summed E-state index contributed by atoms with van der Waals surface area (Å²) in [7, 11) is 2.47. The number of rotatable bonds is 8. The van der Waals surface area contributed by atoms with Crippen LogP contribution in [0.3, 0.4) is 0 Å². The number of esters is 2. The van der Waals surface area contributed by atoms with Crippen LogP contribution in [0.1, 0.15) is 25.8 Å². The van der Waals surface area contributed by atoms with Crippen LogP contribution in [0.5, 0.6) is 0 Å². The van der Waals surface area contributed by atoms with Gasteiger partial charge in [-0.25, -0.2) is 0 Å². The van der Waals surface area contributed by atoms with Crippen molar-refractivity contribution in [3.63, 3.8) is 0 Å². The summed E-state index contributed by atoms with van der Waals surface area (Å²) >= 11 is 0. The molecule has 0 aliphatic carbocycles. The van der Waals surface area contributed by atoms with Crippen LogP contribution in [0.4, 0.5) is 0 Å². The number of methoxy groups -OCH3 is 2. The van der Waals surface area contributed by atoms with Gasteiger partial charge in [0, 0.05) is 0 Å². The molecule has 1 aromatic carbocycles. The molecular formula is C19H24O5. The second kappa shape index (κ2) is 9.71. The van der Waals surface area contributed by atoms with Crippen LogP contribution in [0.15, 0.2) is 48.2 Å². The van der Waals surface area contributed by atoms with E-state index in [9.17, 15) is 9.59 Å². The Morgan fingerprint density at radius 2 is 1.71 bits per heavy atom. The minimum absolute atomic E-state index is 0.157. The molecule has 0 atom stereocenters. The van der Waals surface area contributed by atoms with Gasteiger partial charge in [0.15, 0.2) is 5.92 Å². The average molecular weight is 332 g/mol. The van der Waals surface area contributed by atoms with Crippen molar-refractivity contribution >= 4 is 11.9 Å². The first-order chi connectivity index (χ1) is 11.4. The van der Waals surface area contributed by atoms with Gasteiger partial charge in [-0.15, -0.1) is 5.73 Å². The molecule has 1 aromatic rings. The average Bonchev–Trinajstić information content (AvgIpc) is 2.59. The van der Waals surface area contributed by atoms with Crippen molar-refractivity contribution in [1.82, 2.24) is 0 Å². The fourth-order valence-electron chi connectivity index (χ4n) is 1.90. The zero-order valence-electron chi connectivity index (χ0n) is 14.6. The fraction of sp³-hybridized carbons (Fsp3) is 0.421. The van der Waals surface area contributed by atoms with Crippen molar-refractivity contribution < 1.29 is 23.8 Å². The highest BCUT2D eigenvalue weighted by Crippen LogP contribution is 2.14. The molecule has 0 unspecified atom stereocenters. The normalized spacial score (nSPS) is 10.7. The van der Waals surface area contributed by atoms with Crippen LogP contribution < -0.4 is 0 Å². The number of ether oxygens (including phenoxy) is 3. The van der Waals surface area contributed by atoms with Gasteiger partial charge in [-0.05, 0) is 38.0 Å². The highest BCUT2D eigenvalue weighted by atomic mass is 16.5. The van der Waals surface area contributed by atoms with Gasteiger partial charge in [0.2, 0.25) is 0 Å². The first-order valence-corrected chi connectivity index (χ1v) is 7.65. The Bertz CT molecular complexity index is 581. The summed E-state index contributed by atoms with van der Waals surface area (Å²) in [5.41, 5.74) is 3.51. The Hall–Kier alpha value is -2.36. The zero-order chi connectivity index (χ0) is 18.0. The summed E-state index contributed by atoms with van der Waals surface area (Å²) < 4.78 is 15.0. The SMILES string of the molecule is COC(=O)C(CC=C=CC(C)(C)OCc1ccccc1)C(=O)OC. The fourth-order valence-corrected chi connectivity index (χ4v) is 1.90. The molecule has 0 heterocycles. The molecule has 0 aliphatic heterocycles. The molecule has 0 N–H and O–H groups in total. The summed E-state index contributed by atoms with van der Waals surface area (Å²) in [6.45, 7) is 4.31. The lowest BCUT2D eigenvalue weighted by molar-refractivity contribution is -0.158. The molecule has 0 radical (unpaired) electrons. The van der Waals surface area contributed by atoms with E-state index in [1.165, 1.54) is 14.2 Å². The molecule has 0 aliphatic rings. The maximum Gasteiger partial charge on any atom is 0.320 e. The standard InChI is InChI=1S/C19H24O5/c1-19(2,24-14-15-10-6-5-7-11-15)13-9-8-12-16(17(20)22-3)18(21)23-4/h5-8,10-11,13,16H,12,14H2,1-4H3. The maximum absolute atomic E-state index is 11.6. The van der Waals surface area contributed by atoms with E-state index in [4.69, 9.17) is 4.74 Å². The maximum atomic E-state index is 11.6. The number of benzene rings is 1. The van der Waals surface area contributed by atoms with Gasteiger partial charge in [-0.2, -0.15) is 0 Å². The number of carbonyl (C=O) groups excluding carboxylic acids is 2. The molecule has 0 fully saturated rings. The number of hydrogen-bond donors (Lipinski definition) is 0. The molecule has 5 heteroatoms. The van der Waals surface area contributed by atoms with Crippen molar-refractivity contribution in [2.45, 2.75) is 32.5 Å². The van der Waals surface area contributed by atoms with Gasteiger partial charge in [0.1, 0.15) is 0 Å². The minimum Gasteiger partial charge on any atom is -0.468 e. The van der Waals surface area contributed by atoms with Gasteiger partial charge in [-0.1, -0.05) is 30.3 Å². The quantitative estimate of drug-likeness (QED) is 0.416. The molecule has 1 rings (SSSR count). The smallest absolute Gasteiger partial charge is 0.320 e. The molecule has 0 saturated carbocycles. The third-order valence-electron chi connectivity index (χ3n) is 3.33. The third kappa shape index (κ3) is 6.82. The lowest BCUT2D eigenvalue weighted by Crippen LogP contribution is -2.25. The van der Waals surface area contributed by atoms with E-state index >= 15 is 0 Å². The Morgan fingerprint density at radius 1 is 1.12 bits per heavy atom. The van der Waals surface area contributed by atoms with E-state index in [1.807, 2.05) is 44.2 Å². The van der Waals surface area contributed by atoms with Crippen LogP contribution >= 0.6 is 0 Å². The highest BCUT2D eigenvalue weighted by Gasteiger charge is 2.27. The van der Waals surface area contributed by atoms with Crippen molar-refractivity contribution in [3.05, 3.63) is 53.8 Å². The molecule has 0 amide bonds. The Kier molecular flexibility index (Phi) is 7.96. The molecule has 24 heavy (non-hydrogen) atoms. The van der Waals surface area contributed by atoms with Crippen molar-refractivity contribution in [3.8, 4) is 0 Å². The van der Waals surface area contributed by atoms with Gasteiger partial charge >= 0.3 is 11.9 Å². The van der Waals surface area contributed by atoms with Crippen molar-refractivity contribution in [2.75, 3.05) is 14.2 Å². The summed E-state index contributed by atoms with van der Waals surface area (Å²) in [6.07, 6.45) is 3.51. The molecule has 0 saturated heterocycles. The molecule has 5 nitrogen and oxygen atoms in total. The van der Waals surface area contributed by atoms with Gasteiger partial charge in [0.25, 0.3) is 0 Å². The largest absolute Gasteiger partial charge is 0.468 e. The van der Waals surface area contributed by atoms with Gasteiger partial charge < -0.3 is 14.2 Å². The monoisotopic (exact) mass is 332 g/mol. The van der Waals surface area contributed by atoms with Crippen LogP contribution in [-0.4, -0.2) is 31.8 Å². The van der Waals surface area contributed by atoms with Crippen LogP contribution in [0, 0.1) is 5.92 Å². The van der Waals surface area contributed by atoms with E-state index in [0.717, 1.165) is 5.56 Å². The van der Waals surface area contributed by atoms with E-state index < -0.39 is 23.5 Å². The van der Waals surface area contributed by atoms with E-state index in [0.29, 0.717) is 6.61 Å². The molecule has 0 spiro atoms. The Labute approximate surface area is 142 Å². The predicted molar refractivity (Wildman–Crippen MR) is 90.1 cm³/mol. The minimum atomic E-state index is -0.978. The first-order valence-electron chi connectivity index (χ1n) is 7.65. The highest BCUT2D eigenvalue weighted by molar-refractivity contribution is 5.94. The predicted octanol–water partition coefficient (Wildman–Crippen LogP) is 3.05. The summed E-state index contributed by atoms with van der Waals surface area (Å²) in [5.74, 6) is -2.23. The molecular weight excluding hydrogens is 308 g/mol.